The van der Waals surface area contributed by atoms with E-state index in [0.717, 1.165) is 0 Å². The normalized spacial score (nSPS) is 10.5. The Labute approximate surface area is 132 Å². The van der Waals surface area contributed by atoms with Gasteiger partial charge in [0.1, 0.15) is 5.75 Å². The van der Waals surface area contributed by atoms with E-state index in [1.807, 2.05) is 25.1 Å². The lowest BCUT2D eigenvalue weighted by atomic mass is 10.3. The van der Waals surface area contributed by atoms with E-state index >= 15 is 0 Å². The van der Waals surface area contributed by atoms with Crippen LogP contribution in [0.1, 0.15) is 29.3 Å². The number of aryl methyl sites for hydroxylation is 1. The summed E-state index contributed by atoms with van der Waals surface area (Å²) in [4.78, 5) is 12.0. The van der Waals surface area contributed by atoms with Crippen molar-refractivity contribution in [3.63, 3.8) is 0 Å². The van der Waals surface area contributed by atoms with E-state index in [1.54, 1.807) is 24.3 Å². The van der Waals surface area contributed by atoms with Crippen LogP contribution < -0.4 is 10.1 Å². The summed E-state index contributed by atoms with van der Waals surface area (Å²) in [5, 5.41) is 10.3. The van der Waals surface area contributed by atoms with Crippen LogP contribution in [0.25, 0.3) is 0 Å². The highest BCUT2D eigenvalue weighted by atomic mass is 16.6. The molecule has 1 aromatic carbocycles. The Hall–Kier alpha value is -3.09. The van der Waals surface area contributed by atoms with E-state index in [9.17, 15) is 4.79 Å². The molecular weight excluding hydrogens is 298 g/mol. The molecule has 1 N–H and O–H groups in total. The predicted octanol–water partition coefficient (Wildman–Crippen LogP) is 2.95. The van der Waals surface area contributed by atoms with Crippen molar-refractivity contribution in [3.8, 4) is 11.7 Å². The lowest BCUT2D eigenvalue weighted by molar-refractivity contribution is 0.0914. The van der Waals surface area contributed by atoms with Crippen LogP contribution in [0.4, 0.5) is 0 Å². The van der Waals surface area contributed by atoms with E-state index in [-0.39, 0.29) is 24.2 Å². The maximum absolute atomic E-state index is 12.0. The first kappa shape index (κ1) is 14.8. The molecular formula is C16H15N3O4. The number of para-hydroxylation sites is 1. The Bertz CT molecular complexity index is 779. The van der Waals surface area contributed by atoms with Gasteiger partial charge in [0.25, 0.3) is 11.9 Å². The number of carbonyl (C=O) groups is 1. The fraction of sp³-hybridized carbons (Fsp3) is 0.188. The smallest absolute Gasteiger partial charge is 0.290 e. The largest absolute Gasteiger partial charge is 0.426 e. The van der Waals surface area contributed by atoms with Crippen molar-refractivity contribution < 1.29 is 18.4 Å². The topological polar surface area (TPSA) is 90.4 Å². The summed E-state index contributed by atoms with van der Waals surface area (Å²) in [5.41, 5.74) is 0. The molecule has 0 aliphatic heterocycles. The molecule has 2 aromatic heterocycles. The van der Waals surface area contributed by atoms with Crippen molar-refractivity contribution in [1.29, 1.82) is 0 Å². The number of aromatic nitrogens is 2. The summed E-state index contributed by atoms with van der Waals surface area (Å²) >= 11 is 0. The Kier molecular flexibility index (Phi) is 4.37. The van der Waals surface area contributed by atoms with Crippen LogP contribution in [-0.2, 0) is 13.0 Å². The van der Waals surface area contributed by atoms with Crippen LogP contribution in [0.5, 0.6) is 11.7 Å². The zero-order chi connectivity index (χ0) is 16.1. The molecule has 0 atom stereocenters. The van der Waals surface area contributed by atoms with Gasteiger partial charge in [0.05, 0.1) is 6.54 Å². The fourth-order valence-electron chi connectivity index (χ4n) is 1.85. The molecule has 0 saturated heterocycles. The highest BCUT2D eigenvalue weighted by Crippen LogP contribution is 2.23. The van der Waals surface area contributed by atoms with Crippen molar-refractivity contribution in [1.82, 2.24) is 15.5 Å². The van der Waals surface area contributed by atoms with Crippen LogP contribution in [0.2, 0.25) is 0 Å². The van der Waals surface area contributed by atoms with Gasteiger partial charge in [-0.2, -0.15) is 0 Å². The third-order valence-corrected chi connectivity index (χ3v) is 2.98. The van der Waals surface area contributed by atoms with E-state index in [4.69, 9.17) is 13.6 Å². The van der Waals surface area contributed by atoms with Gasteiger partial charge in [0.15, 0.2) is 5.76 Å². The number of rotatable bonds is 6. The molecule has 0 unspecified atom stereocenters. The number of furan rings is 1. The monoisotopic (exact) mass is 313 g/mol. The maximum Gasteiger partial charge on any atom is 0.290 e. The van der Waals surface area contributed by atoms with Gasteiger partial charge in [-0.05, 0) is 18.2 Å². The summed E-state index contributed by atoms with van der Waals surface area (Å²) in [6, 6.07) is 12.3. The van der Waals surface area contributed by atoms with Crippen LogP contribution in [0, 0.1) is 0 Å². The van der Waals surface area contributed by atoms with Gasteiger partial charge >= 0.3 is 0 Å². The standard InChI is InChI=1S/C16H15N3O4/c1-2-13-18-19-14(23-13)10-17-16(20)12-8-9-15(22-12)21-11-6-4-3-5-7-11/h3-9H,2,10H2,1H3,(H,17,20). The Morgan fingerprint density at radius 2 is 1.87 bits per heavy atom. The molecule has 7 heteroatoms. The second kappa shape index (κ2) is 6.78. The minimum atomic E-state index is -0.385. The Morgan fingerprint density at radius 1 is 1.09 bits per heavy atom. The number of hydrogen-bond acceptors (Lipinski definition) is 6. The first-order valence-corrected chi connectivity index (χ1v) is 7.17. The molecule has 3 aromatic rings. The van der Waals surface area contributed by atoms with Crippen LogP contribution in [-0.4, -0.2) is 16.1 Å². The zero-order valence-electron chi connectivity index (χ0n) is 12.5. The molecule has 7 nitrogen and oxygen atoms in total. The Morgan fingerprint density at radius 3 is 2.61 bits per heavy atom. The molecule has 2 heterocycles. The van der Waals surface area contributed by atoms with E-state index in [1.165, 1.54) is 0 Å². The lowest BCUT2D eigenvalue weighted by Gasteiger charge is -2.01. The van der Waals surface area contributed by atoms with Gasteiger partial charge in [-0.15, -0.1) is 10.2 Å². The summed E-state index contributed by atoms with van der Waals surface area (Å²) < 4.78 is 16.2. The van der Waals surface area contributed by atoms with E-state index < -0.39 is 0 Å². The quantitative estimate of drug-likeness (QED) is 0.752. The average Bonchev–Trinajstić information content (AvgIpc) is 3.23. The molecule has 0 aliphatic carbocycles. The molecule has 0 saturated carbocycles. The first-order valence-electron chi connectivity index (χ1n) is 7.17. The summed E-state index contributed by atoms with van der Waals surface area (Å²) in [5.74, 6) is 1.52. The molecule has 0 bridgehead atoms. The third-order valence-electron chi connectivity index (χ3n) is 2.98. The van der Waals surface area contributed by atoms with Gasteiger partial charge in [-0.3, -0.25) is 4.79 Å². The average molecular weight is 313 g/mol. The fourth-order valence-corrected chi connectivity index (χ4v) is 1.85. The molecule has 1 amide bonds. The maximum atomic E-state index is 12.0. The number of ether oxygens (including phenoxy) is 1. The van der Waals surface area contributed by atoms with Gasteiger partial charge in [0.2, 0.25) is 11.8 Å². The number of nitrogens with one attached hydrogen (secondary N) is 1. The Balaban J connectivity index is 1.57. The third kappa shape index (κ3) is 3.76. The molecule has 3 rings (SSSR count). The minimum absolute atomic E-state index is 0.140. The second-order valence-electron chi connectivity index (χ2n) is 4.66. The van der Waals surface area contributed by atoms with Crippen molar-refractivity contribution in [2.45, 2.75) is 19.9 Å². The van der Waals surface area contributed by atoms with Gasteiger partial charge in [-0.25, -0.2) is 0 Å². The molecule has 0 radical (unpaired) electrons. The minimum Gasteiger partial charge on any atom is -0.426 e. The van der Waals surface area contributed by atoms with E-state index in [0.29, 0.717) is 24.0 Å². The number of nitrogens with zero attached hydrogens (tertiary/aromatic N) is 2. The van der Waals surface area contributed by atoms with Crippen LogP contribution in [0.15, 0.2) is 51.3 Å². The van der Waals surface area contributed by atoms with Crippen molar-refractivity contribution in [2.75, 3.05) is 0 Å². The molecule has 23 heavy (non-hydrogen) atoms. The summed E-state index contributed by atoms with van der Waals surface area (Å²) in [7, 11) is 0. The van der Waals surface area contributed by atoms with Gasteiger partial charge < -0.3 is 18.9 Å². The summed E-state index contributed by atoms with van der Waals surface area (Å²) in [6.07, 6.45) is 0.652. The zero-order valence-corrected chi connectivity index (χ0v) is 12.5. The van der Waals surface area contributed by atoms with Crippen LogP contribution in [0.3, 0.4) is 0 Å². The SMILES string of the molecule is CCc1nnc(CNC(=O)c2ccc(Oc3ccccc3)o2)o1. The number of benzene rings is 1. The molecule has 0 aliphatic rings. The number of amides is 1. The predicted molar refractivity (Wildman–Crippen MR) is 80.1 cm³/mol. The lowest BCUT2D eigenvalue weighted by Crippen LogP contribution is -2.22. The highest BCUT2D eigenvalue weighted by molar-refractivity contribution is 5.91. The summed E-state index contributed by atoms with van der Waals surface area (Å²) in [6.45, 7) is 2.05. The molecule has 0 fully saturated rings. The highest BCUT2D eigenvalue weighted by Gasteiger charge is 2.13. The van der Waals surface area contributed by atoms with Gasteiger partial charge in [0, 0.05) is 12.5 Å². The first-order chi connectivity index (χ1) is 11.2. The molecule has 118 valence electrons. The van der Waals surface area contributed by atoms with Crippen molar-refractivity contribution >= 4 is 5.91 Å². The second-order valence-corrected chi connectivity index (χ2v) is 4.66. The number of carbonyl (C=O) groups excluding carboxylic acids is 1. The van der Waals surface area contributed by atoms with Gasteiger partial charge in [-0.1, -0.05) is 25.1 Å². The van der Waals surface area contributed by atoms with Crippen LogP contribution >= 0.6 is 0 Å². The molecule has 0 spiro atoms. The van der Waals surface area contributed by atoms with Crippen molar-refractivity contribution in [2.24, 2.45) is 0 Å². The number of hydrogen-bond donors (Lipinski definition) is 1. The van der Waals surface area contributed by atoms with E-state index in [2.05, 4.69) is 15.5 Å². The van der Waals surface area contributed by atoms with Crippen molar-refractivity contribution in [3.05, 3.63) is 60.0 Å².